The summed E-state index contributed by atoms with van der Waals surface area (Å²) in [4.78, 5) is 47.7. The second kappa shape index (κ2) is 6.50. The SMILES string of the molecule is Cc1cc(=O)c(C(=O)N[C@H](CCC(N)=O)C(=O)O)c[nH]1. The molecule has 0 unspecified atom stereocenters. The van der Waals surface area contributed by atoms with E-state index >= 15 is 0 Å². The second-order valence-electron chi connectivity index (χ2n) is 4.26. The van der Waals surface area contributed by atoms with Crippen molar-refractivity contribution in [2.75, 3.05) is 0 Å². The number of carbonyl (C=O) groups excluding carboxylic acids is 2. The van der Waals surface area contributed by atoms with Crippen LogP contribution in [0.3, 0.4) is 0 Å². The Bertz CT molecular complexity index is 593. The summed E-state index contributed by atoms with van der Waals surface area (Å²) in [6.45, 7) is 1.65. The Kier molecular flexibility index (Phi) is 5.01. The third kappa shape index (κ3) is 4.23. The number of aromatic amines is 1. The number of nitrogens with one attached hydrogen (secondary N) is 2. The highest BCUT2D eigenvalue weighted by molar-refractivity contribution is 5.96. The number of hydrogen-bond donors (Lipinski definition) is 4. The molecule has 0 spiro atoms. The summed E-state index contributed by atoms with van der Waals surface area (Å²) in [5.41, 5.74) is 4.79. The highest BCUT2D eigenvalue weighted by atomic mass is 16.4. The molecule has 0 saturated heterocycles. The number of carboxylic acid groups (broad SMARTS) is 1. The maximum absolute atomic E-state index is 11.8. The van der Waals surface area contributed by atoms with Gasteiger partial charge in [0.15, 0.2) is 5.43 Å². The summed E-state index contributed by atoms with van der Waals surface area (Å²) in [6, 6.07) is -0.0515. The number of pyridine rings is 1. The Morgan fingerprint density at radius 1 is 1.45 bits per heavy atom. The van der Waals surface area contributed by atoms with E-state index in [1.54, 1.807) is 6.92 Å². The Morgan fingerprint density at radius 2 is 2.10 bits per heavy atom. The fourth-order valence-corrected chi connectivity index (χ4v) is 1.53. The minimum absolute atomic E-state index is 0.139. The lowest BCUT2D eigenvalue weighted by Crippen LogP contribution is -2.42. The number of hydrogen-bond acceptors (Lipinski definition) is 4. The molecule has 8 nitrogen and oxygen atoms in total. The van der Waals surface area contributed by atoms with Crippen molar-refractivity contribution in [3.05, 3.63) is 33.7 Å². The zero-order valence-corrected chi connectivity index (χ0v) is 10.8. The van der Waals surface area contributed by atoms with Crippen LogP contribution in [-0.2, 0) is 9.59 Å². The maximum atomic E-state index is 11.8. The molecule has 0 aliphatic carbocycles. The first-order valence-corrected chi connectivity index (χ1v) is 5.82. The van der Waals surface area contributed by atoms with Crippen molar-refractivity contribution in [2.24, 2.45) is 5.73 Å². The molecule has 5 N–H and O–H groups in total. The van der Waals surface area contributed by atoms with Crippen molar-refractivity contribution in [1.29, 1.82) is 0 Å². The van der Waals surface area contributed by atoms with Gasteiger partial charge < -0.3 is 21.1 Å². The molecule has 108 valence electrons. The molecule has 1 atom stereocenters. The predicted molar refractivity (Wildman–Crippen MR) is 69.1 cm³/mol. The number of carboxylic acids is 1. The maximum Gasteiger partial charge on any atom is 0.326 e. The standard InChI is InChI=1S/C12H15N3O5/c1-6-4-9(16)7(5-14-6)11(18)15-8(12(19)20)2-3-10(13)17/h4-5,8H,2-3H2,1H3,(H2,13,17)(H,14,16)(H,15,18)(H,19,20)/t8-/m1/s1. The smallest absolute Gasteiger partial charge is 0.326 e. The lowest BCUT2D eigenvalue weighted by atomic mass is 10.1. The number of H-pyrrole nitrogens is 1. The highest BCUT2D eigenvalue weighted by Crippen LogP contribution is 2.00. The van der Waals surface area contributed by atoms with E-state index in [0.717, 1.165) is 0 Å². The first-order valence-electron chi connectivity index (χ1n) is 5.82. The van der Waals surface area contributed by atoms with Crippen molar-refractivity contribution in [1.82, 2.24) is 10.3 Å². The molecule has 0 saturated carbocycles. The van der Waals surface area contributed by atoms with Crippen molar-refractivity contribution in [3.8, 4) is 0 Å². The molecule has 1 aromatic rings. The van der Waals surface area contributed by atoms with Gasteiger partial charge in [0, 0.05) is 24.4 Å². The number of aliphatic carboxylic acids is 1. The monoisotopic (exact) mass is 281 g/mol. The molecule has 1 heterocycles. The second-order valence-corrected chi connectivity index (χ2v) is 4.26. The van der Waals surface area contributed by atoms with Gasteiger partial charge in [-0.05, 0) is 13.3 Å². The van der Waals surface area contributed by atoms with Crippen LogP contribution in [0.4, 0.5) is 0 Å². The van der Waals surface area contributed by atoms with E-state index in [1.807, 2.05) is 0 Å². The van der Waals surface area contributed by atoms with Gasteiger partial charge in [-0.2, -0.15) is 0 Å². The van der Waals surface area contributed by atoms with Gasteiger partial charge in [-0.25, -0.2) is 4.79 Å². The Labute approximate surface area is 114 Å². The molecular weight excluding hydrogens is 266 g/mol. The van der Waals surface area contributed by atoms with Crippen LogP contribution >= 0.6 is 0 Å². The molecular formula is C12H15N3O5. The molecule has 1 rings (SSSR count). The average molecular weight is 281 g/mol. The topological polar surface area (TPSA) is 142 Å². The summed E-state index contributed by atoms with van der Waals surface area (Å²) < 4.78 is 0. The molecule has 1 aromatic heterocycles. The number of aromatic nitrogens is 1. The third-order valence-corrected chi connectivity index (χ3v) is 2.58. The van der Waals surface area contributed by atoms with Crippen LogP contribution in [0.5, 0.6) is 0 Å². The van der Waals surface area contributed by atoms with Crippen LogP contribution in [-0.4, -0.2) is 33.9 Å². The predicted octanol–water partition coefficient (Wildman–Crippen LogP) is -0.868. The molecule has 0 bridgehead atoms. The van der Waals surface area contributed by atoms with E-state index in [4.69, 9.17) is 10.8 Å². The lowest BCUT2D eigenvalue weighted by molar-refractivity contribution is -0.139. The lowest BCUT2D eigenvalue weighted by Gasteiger charge is -2.13. The fourth-order valence-electron chi connectivity index (χ4n) is 1.53. The molecule has 8 heteroatoms. The number of aryl methyl sites for hydroxylation is 1. The largest absolute Gasteiger partial charge is 0.480 e. The molecule has 20 heavy (non-hydrogen) atoms. The zero-order chi connectivity index (χ0) is 15.3. The summed E-state index contributed by atoms with van der Waals surface area (Å²) >= 11 is 0. The zero-order valence-electron chi connectivity index (χ0n) is 10.8. The molecule has 0 radical (unpaired) electrons. The van der Waals surface area contributed by atoms with E-state index in [-0.39, 0.29) is 18.4 Å². The van der Waals surface area contributed by atoms with Gasteiger partial charge in [0.2, 0.25) is 5.91 Å². The minimum Gasteiger partial charge on any atom is -0.480 e. The van der Waals surface area contributed by atoms with Gasteiger partial charge in [-0.15, -0.1) is 0 Å². The fraction of sp³-hybridized carbons (Fsp3) is 0.333. The van der Waals surface area contributed by atoms with Crippen molar-refractivity contribution in [2.45, 2.75) is 25.8 Å². The van der Waals surface area contributed by atoms with Gasteiger partial charge in [-0.1, -0.05) is 0 Å². The van der Waals surface area contributed by atoms with Gasteiger partial charge in [0.1, 0.15) is 11.6 Å². The highest BCUT2D eigenvalue weighted by Gasteiger charge is 2.22. The van der Waals surface area contributed by atoms with Gasteiger partial charge in [-0.3, -0.25) is 14.4 Å². The normalized spacial score (nSPS) is 11.7. The van der Waals surface area contributed by atoms with Gasteiger partial charge >= 0.3 is 5.97 Å². The van der Waals surface area contributed by atoms with E-state index in [1.165, 1.54) is 12.3 Å². The van der Waals surface area contributed by atoms with Crippen LogP contribution in [0, 0.1) is 6.92 Å². The van der Waals surface area contributed by atoms with Gasteiger partial charge in [0.25, 0.3) is 5.91 Å². The number of nitrogens with two attached hydrogens (primary N) is 1. The third-order valence-electron chi connectivity index (χ3n) is 2.58. The van der Waals surface area contributed by atoms with Gasteiger partial charge in [0.05, 0.1) is 0 Å². The van der Waals surface area contributed by atoms with E-state index in [9.17, 15) is 19.2 Å². The van der Waals surface area contributed by atoms with Crippen molar-refractivity contribution < 1.29 is 19.5 Å². The van der Waals surface area contributed by atoms with Crippen molar-refractivity contribution >= 4 is 17.8 Å². The van der Waals surface area contributed by atoms with Crippen LogP contribution in [0.1, 0.15) is 28.9 Å². The number of rotatable bonds is 6. The average Bonchev–Trinajstić information content (AvgIpc) is 2.33. The van der Waals surface area contributed by atoms with Crippen LogP contribution in [0.15, 0.2) is 17.1 Å². The summed E-state index contributed by atoms with van der Waals surface area (Å²) in [5.74, 6) is -2.79. The molecule has 0 fully saturated rings. The molecule has 0 aromatic carbocycles. The van der Waals surface area contributed by atoms with E-state index in [2.05, 4.69) is 10.3 Å². The quantitative estimate of drug-likeness (QED) is 0.536. The van der Waals surface area contributed by atoms with E-state index in [0.29, 0.717) is 5.69 Å². The molecule has 2 amide bonds. The van der Waals surface area contributed by atoms with E-state index < -0.39 is 29.3 Å². The Balaban J connectivity index is 2.82. The van der Waals surface area contributed by atoms with Crippen molar-refractivity contribution in [3.63, 3.8) is 0 Å². The molecule has 0 aliphatic heterocycles. The number of amides is 2. The van der Waals surface area contributed by atoms with Crippen LogP contribution in [0.25, 0.3) is 0 Å². The number of carbonyl (C=O) groups is 3. The van der Waals surface area contributed by atoms with Crippen LogP contribution < -0.4 is 16.5 Å². The summed E-state index contributed by atoms with van der Waals surface area (Å²) in [5, 5.41) is 11.1. The molecule has 0 aliphatic rings. The first kappa shape index (κ1) is 15.4. The Morgan fingerprint density at radius 3 is 2.60 bits per heavy atom. The number of primary amides is 1. The van der Waals surface area contributed by atoms with Crippen LogP contribution in [0.2, 0.25) is 0 Å². The summed E-state index contributed by atoms with van der Waals surface area (Å²) in [7, 11) is 0. The minimum atomic E-state index is -1.30. The summed E-state index contributed by atoms with van der Waals surface area (Å²) in [6.07, 6.45) is 0.891. The Hall–Kier alpha value is -2.64. The first-order chi connectivity index (χ1) is 9.31.